The lowest BCUT2D eigenvalue weighted by Gasteiger charge is -1.99. The Bertz CT molecular complexity index is 516. The van der Waals surface area contributed by atoms with Gasteiger partial charge in [-0.15, -0.1) is 0 Å². The number of nitrogens with zero attached hydrogens (tertiary/aromatic N) is 3. The molecule has 1 aromatic rings. The number of nitro groups is 1. The first-order valence-electron chi connectivity index (χ1n) is 4.22. The monoisotopic (exact) mass is 235 g/mol. The maximum Gasteiger partial charge on any atom is 0.392 e. The Morgan fingerprint density at radius 2 is 1.94 bits per heavy atom. The highest BCUT2D eigenvalue weighted by atomic mass is 16.6. The fourth-order valence-corrected chi connectivity index (χ4v) is 0.898. The summed E-state index contributed by atoms with van der Waals surface area (Å²) in [6.07, 6.45) is 0.383. The van der Waals surface area contributed by atoms with Crippen LogP contribution in [-0.2, 0) is 9.59 Å². The molecule has 0 radical (unpaired) electrons. The quantitative estimate of drug-likeness (QED) is 0.109. The van der Waals surface area contributed by atoms with Gasteiger partial charge in [-0.05, 0) is 12.1 Å². The summed E-state index contributed by atoms with van der Waals surface area (Å²) in [5.41, 5.74) is 7.84. The first-order valence-corrected chi connectivity index (χ1v) is 4.22. The molecule has 0 unspecified atom stereocenters. The van der Waals surface area contributed by atoms with Crippen LogP contribution in [0.15, 0.2) is 24.3 Å². The van der Waals surface area contributed by atoms with Crippen molar-refractivity contribution in [3.63, 3.8) is 0 Å². The molecular weight excluding hydrogens is 230 g/mol. The van der Waals surface area contributed by atoms with Crippen LogP contribution < -0.4 is 4.74 Å². The predicted molar refractivity (Wildman–Crippen MR) is 53.4 cm³/mol. The summed E-state index contributed by atoms with van der Waals surface area (Å²) in [7, 11) is 0. The second kappa shape index (κ2) is 5.29. The molecule has 0 spiro atoms. The van der Waals surface area contributed by atoms with Gasteiger partial charge in [0, 0.05) is 12.1 Å². The summed E-state index contributed by atoms with van der Waals surface area (Å²) in [6.45, 7) is 0. The topological polar surface area (TPSA) is 123 Å². The lowest BCUT2D eigenvalue weighted by atomic mass is 10.3. The van der Waals surface area contributed by atoms with Crippen molar-refractivity contribution >= 4 is 23.7 Å². The molecule has 0 aliphatic heterocycles. The number of hydrogen-bond acceptors (Lipinski definition) is 5. The number of rotatable bonds is 4. The number of hydrogen-bond donors (Lipinski definition) is 0. The number of ether oxygens (including phenoxy) is 1. The number of non-ortho nitro benzene ring substituents is 1. The van der Waals surface area contributed by atoms with E-state index in [4.69, 9.17) is 5.53 Å². The van der Waals surface area contributed by atoms with Crippen LogP contribution in [0.25, 0.3) is 5.53 Å². The first kappa shape index (κ1) is 12.2. The molecule has 0 fully saturated rings. The zero-order valence-corrected chi connectivity index (χ0v) is 8.27. The average Bonchev–Trinajstić information content (AvgIpc) is 2.30. The molecule has 0 saturated heterocycles. The number of benzene rings is 1. The van der Waals surface area contributed by atoms with E-state index in [1.54, 1.807) is 0 Å². The van der Waals surface area contributed by atoms with Gasteiger partial charge in [-0.2, -0.15) is 4.79 Å². The van der Waals surface area contributed by atoms with Crippen LogP contribution in [0.5, 0.6) is 5.75 Å². The molecule has 0 aliphatic rings. The molecule has 17 heavy (non-hydrogen) atoms. The van der Waals surface area contributed by atoms with E-state index in [1.807, 2.05) is 0 Å². The third-order valence-corrected chi connectivity index (χ3v) is 1.63. The molecule has 0 atom stereocenters. The highest BCUT2D eigenvalue weighted by molar-refractivity contribution is 6.56. The van der Waals surface area contributed by atoms with E-state index in [1.165, 1.54) is 12.1 Å². The van der Waals surface area contributed by atoms with E-state index < -0.39 is 16.7 Å². The number of ketones is 1. The molecule has 1 rings (SSSR count). The molecule has 8 nitrogen and oxygen atoms in total. The van der Waals surface area contributed by atoms with Crippen LogP contribution in [0.3, 0.4) is 0 Å². The Morgan fingerprint density at radius 3 is 2.41 bits per heavy atom. The summed E-state index contributed by atoms with van der Waals surface area (Å²) in [5.74, 6) is -2.43. The smallest absolute Gasteiger partial charge is 0.392 e. The fraction of sp³-hybridized carbons (Fsp3) is 0. The predicted octanol–water partition coefficient (Wildman–Crippen LogP) is 0.370. The van der Waals surface area contributed by atoms with Gasteiger partial charge in [0.2, 0.25) is 0 Å². The summed E-state index contributed by atoms with van der Waals surface area (Å²) in [6, 6.07) is 4.57. The van der Waals surface area contributed by atoms with Gasteiger partial charge in [-0.3, -0.25) is 14.9 Å². The molecule has 0 aromatic heterocycles. The van der Waals surface area contributed by atoms with Crippen molar-refractivity contribution in [2.24, 2.45) is 0 Å². The van der Waals surface area contributed by atoms with Crippen LogP contribution in [-0.4, -0.2) is 27.7 Å². The SMILES string of the molecule is [N-]=[N+]=CC(=O)C(=O)Oc1ccc([N+](=O)[O-])cc1. The Balaban J connectivity index is 2.76. The van der Waals surface area contributed by atoms with Gasteiger partial charge >= 0.3 is 18.0 Å². The second-order valence-corrected chi connectivity index (χ2v) is 2.75. The average molecular weight is 235 g/mol. The third kappa shape index (κ3) is 3.33. The number of esters is 1. The molecular formula is C9H5N3O5. The third-order valence-electron chi connectivity index (χ3n) is 1.63. The molecule has 86 valence electrons. The molecule has 1 aromatic carbocycles. The van der Waals surface area contributed by atoms with E-state index >= 15 is 0 Å². The summed E-state index contributed by atoms with van der Waals surface area (Å²) >= 11 is 0. The van der Waals surface area contributed by atoms with Gasteiger partial charge in [-0.25, -0.2) is 4.79 Å². The summed E-state index contributed by atoms with van der Waals surface area (Å²) < 4.78 is 4.55. The van der Waals surface area contributed by atoms with Crippen molar-refractivity contribution < 1.29 is 24.0 Å². The van der Waals surface area contributed by atoms with E-state index in [9.17, 15) is 19.7 Å². The van der Waals surface area contributed by atoms with Crippen molar-refractivity contribution in [2.75, 3.05) is 0 Å². The lowest BCUT2D eigenvalue weighted by Crippen LogP contribution is -2.21. The van der Waals surface area contributed by atoms with Gasteiger partial charge < -0.3 is 10.3 Å². The van der Waals surface area contributed by atoms with Crippen molar-refractivity contribution in [1.82, 2.24) is 0 Å². The van der Waals surface area contributed by atoms with E-state index in [-0.39, 0.29) is 11.4 Å². The summed E-state index contributed by atoms with van der Waals surface area (Å²) in [5, 5.41) is 10.3. The highest BCUT2D eigenvalue weighted by Gasteiger charge is 2.18. The molecule has 0 heterocycles. The maximum atomic E-state index is 11.0. The highest BCUT2D eigenvalue weighted by Crippen LogP contribution is 2.17. The van der Waals surface area contributed by atoms with Gasteiger partial charge in [0.25, 0.3) is 5.69 Å². The van der Waals surface area contributed by atoms with Gasteiger partial charge in [0.1, 0.15) is 5.75 Å². The molecule has 0 saturated carbocycles. The Labute approximate surface area is 94.2 Å². The fourth-order valence-electron chi connectivity index (χ4n) is 0.898. The summed E-state index contributed by atoms with van der Waals surface area (Å²) in [4.78, 5) is 33.9. The Morgan fingerprint density at radius 1 is 1.35 bits per heavy atom. The minimum atomic E-state index is -1.25. The number of carbonyl (C=O) groups excluding carboxylic acids is 2. The second-order valence-electron chi connectivity index (χ2n) is 2.75. The molecule has 0 N–H and O–H groups in total. The van der Waals surface area contributed by atoms with Gasteiger partial charge in [-0.1, -0.05) is 0 Å². The lowest BCUT2D eigenvalue weighted by molar-refractivity contribution is -0.384. The van der Waals surface area contributed by atoms with Crippen molar-refractivity contribution in [1.29, 1.82) is 0 Å². The zero-order chi connectivity index (χ0) is 12.8. The normalized spacial score (nSPS) is 8.94. The number of nitro benzene ring substituents is 1. The van der Waals surface area contributed by atoms with Crippen molar-refractivity contribution in [3.05, 3.63) is 39.9 Å². The van der Waals surface area contributed by atoms with E-state index in [0.717, 1.165) is 12.1 Å². The number of Topliss-reactive ketones (excluding diaryl/α,β-unsaturated/α-hetero) is 1. The van der Waals surface area contributed by atoms with E-state index in [2.05, 4.69) is 9.53 Å². The largest absolute Gasteiger partial charge is 0.420 e. The van der Waals surface area contributed by atoms with Crippen molar-refractivity contribution in [3.8, 4) is 5.75 Å². The zero-order valence-electron chi connectivity index (χ0n) is 8.27. The molecule has 0 aliphatic carbocycles. The number of carbonyl (C=O) groups is 2. The molecule has 8 heteroatoms. The van der Waals surface area contributed by atoms with Crippen LogP contribution >= 0.6 is 0 Å². The standard InChI is InChI=1S/C9H5N3O5/c10-11-5-8(13)9(14)17-7-3-1-6(2-4-7)12(15)16/h1-5H. The Hall–Kier alpha value is -2.86. The van der Waals surface area contributed by atoms with Gasteiger partial charge in [0.15, 0.2) is 0 Å². The molecule has 0 bridgehead atoms. The van der Waals surface area contributed by atoms with Crippen LogP contribution in [0.1, 0.15) is 0 Å². The first-order chi connectivity index (χ1) is 8.04. The molecule has 0 amide bonds. The van der Waals surface area contributed by atoms with Crippen LogP contribution in [0.2, 0.25) is 0 Å². The minimum Gasteiger partial charge on any atom is -0.420 e. The van der Waals surface area contributed by atoms with E-state index in [0.29, 0.717) is 6.21 Å². The minimum absolute atomic E-state index is 0.0275. The maximum absolute atomic E-state index is 11.0. The van der Waals surface area contributed by atoms with Crippen molar-refractivity contribution in [2.45, 2.75) is 0 Å². The van der Waals surface area contributed by atoms with Crippen LogP contribution in [0.4, 0.5) is 5.69 Å². The van der Waals surface area contributed by atoms with Gasteiger partial charge in [0.05, 0.1) is 4.92 Å². The Kier molecular flexibility index (Phi) is 3.80. The van der Waals surface area contributed by atoms with Crippen LogP contribution in [0, 0.1) is 10.1 Å².